The summed E-state index contributed by atoms with van der Waals surface area (Å²) < 4.78 is 5.18. The van der Waals surface area contributed by atoms with Crippen molar-refractivity contribution >= 4 is 22.6 Å². The number of benzene rings is 1. The molecule has 222 valence electrons. The average Bonchev–Trinajstić information content (AvgIpc) is 3.70. The normalized spacial score (nSPS) is 14.7. The number of fused-ring (bicyclic) bond motifs is 1. The molecule has 0 aliphatic carbocycles. The van der Waals surface area contributed by atoms with E-state index in [9.17, 15) is 9.90 Å². The number of aliphatic hydroxyl groups excluding tert-OH is 1. The summed E-state index contributed by atoms with van der Waals surface area (Å²) in [6.07, 6.45) is 3.43. The Morgan fingerprint density at radius 2 is 1.93 bits per heavy atom. The van der Waals surface area contributed by atoms with Crippen molar-refractivity contribution in [2.75, 3.05) is 31.1 Å². The van der Waals surface area contributed by atoms with Crippen molar-refractivity contribution < 1.29 is 14.4 Å². The molecule has 0 saturated carbocycles. The molecule has 6 rings (SSSR count). The van der Waals surface area contributed by atoms with Crippen LogP contribution in [0.25, 0.3) is 33.7 Å². The first-order valence-corrected chi connectivity index (χ1v) is 14.4. The summed E-state index contributed by atoms with van der Waals surface area (Å²) >= 11 is 0. The second-order valence-electron chi connectivity index (χ2n) is 11.7. The number of amides is 1. The number of carbonyl (C=O) groups excluding carboxylic acids is 1. The highest BCUT2D eigenvalue weighted by Crippen LogP contribution is 2.32. The van der Waals surface area contributed by atoms with E-state index in [0.717, 1.165) is 65.5 Å². The zero-order chi connectivity index (χ0) is 30.1. The van der Waals surface area contributed by atoms with Crippen LogP contribution < -0.4 is 15.5 Å². The first-order valence-electron chi connectivity index (χ1n) is 14.4. The van der Waals surface area contributed by atoms with E-state index in [0.29, 0.717) is 17.0 Å². The maximum Gasteiger partial charge on any atom is 0.315 e. The molecule has 1 fully saturated rings. The summed E-state index contributed by atoms with van der Waals surface area (Å²) in [5.74, 6) is -0.119. The monoisotopic (exact) mass is 581 g/mol. The van der Waals surface area contributed by atoms with E-state index in [-0.39, 0.29) is 17.9 Å². The third kappa shape index (κ3) is 5.84. The van der Waals surface area contributed by atoms with Crippen molar-refractivity contribution in [3.8, 4) is 22.6 Å². The van der Waals surface area contributed by atoms with Gasteiger partial charge in [0.25, 0.3) is 0 Å². The molecule has 1 aliphatic heterocycles. The number of nitrogens with one attached hydrogen (secondary N) is 3. The summed E-state index contributed by atoms with van der Waals surface area (Å²) in [6, 6.07) is 11.4. The Morgan fingerprint density at radius 1 is 1.12 bits per heavy atom. The molecule has 12 nitrogen and oxygen atoms in total. The maximum absolute atomic E-state index is 12.8. The number of hydrogen-bond donors (Lipinski definition) is 4. The van der Waals surface area contributed by atoms with Crippen LogP contribution >= 0.6 is 0 Å². The van der Waals surface area contributed by atoms with E-state index in [2.05, 4.69) is 46.7 Å². The molecular weight excluding hydrogens is 546 g/mol. The van der Waals surface area contributed by atoms with Gasteiger partial charge in [-0.2, -0.15) is 4.98 Å². The van der Waals surface area contributed by atoms with E-state index < -0.39 is 11.9 Å². The van der Waals surface area contributed by atoms with Crippen molar-refractivity contribution in [3.63, 3.8) is 0 Å². The first-order chi connectivity index (χ1) is 20.7. The number of anilines is 1. The number of hydrogen-bond acceptors (Lipinski definition) is 10. The molecule has 5 aromatic rings. The second-order valence-corrected chi connectivity index (χ2v) is 11.7. The van der Waals surface area contributed by atoms with Gasteiger partial charge in [0.05, 0.1) is 41.6 Å². The molecule has 0 spiro atoms. The maximum atomic E-state index is 12.8. The molecule has 0 bridgehead atoms. The molecule has 1 aromatic carbocycles. The van der Waals surface area contributed by atoms with Gasteiger partial charge in [0, 0.05) is 42.5 Å². The highest BCUT2D eigenvalue weighted by atomic mass is 16.5. The fourth-order valence-corrected chi connectivity index (χ4v) is 5.23. The van der Waals surface area contributed by atoms with Gasteiger partial charge in [-0.05, 0) is 42.3 Å². The van der Waals surface area contributed by atoms with Gasteiger partial charge in [0.2, 0.25) is 0 Å². The predicted octanol–water partition coefficient (Wildman–Crippen LogP) is 3.76. The zero-order valence-corrected chi connectivity index (χ0v) is 24.7. The van der Waals surface area contributed by atoms with Gasteiger partial charge in [-0.15, -0.1) is 0 Å². The Kier molecular flexibility index (Phi) is 7.63. The summed E-state index contributed by atoms with van der Waals surface area (Å²) in [5, 5.41) is 21.3. The van der Waals surface area contributed by atoms with Gasteiger partial charge in [0.1, 0.15) is 12.0 Å². The second kappa shape index (κ2) is 11.5. The molecule has 4 N–H and O–H groups in total. The number of H-pyrrole nitrogens is 1. The minimum atomic E-state index is -0.476. The zero-order valence-electron chi connectivity index (χ0n) is 24.7. The van der Waals surface area contributed by atoms with Crippen LogP contribution in [0, 0.1) is 0 Å². The molecule has 4 aromatic heterocycles. The topological polar surface area (TPSA) is 158 Å². The van der Waals surface area contributed by atoms with E-state index in [1.165, 1.54) is 6.33 Å². The lowest BCUT2D eigenvalue weighted by Gasteiger charge is -2.29. The highest BCUT2D eigenvalue weighted by Gasteiger charge is 2.25. The number of nitrogens with zero attached hydrogens (tertiary/aromatic N) is 6. The van der Waals surface area contributed by atoms with Crippen LogP contribution in [0.15, 0.2) is 53.4 Å². The smallest absolute Gasteiger partial charge is 0.315 e. The molecule has 0 radical (unpaired) electrons. The molecule has 1 aliphatic rings. The quantitative estimate of drug-likeness (QED) is 0.223. The first kappa shape index (κ1) is 28.4. The Labute approximate surface area is 249 Å². The number of aromatic amines is 1. The Bertz CT molecular complexity index is 1750. The van der Waals surface area contributed by atoms with Crippen LogP contribution in [0.1, 0.15) is 61.4 Å². The van der Waals surface area contributed by atoms with Gasteiger partial charge in [0.15, 0.2) is 5.82 Å². The Morgan fingerprint density at radius 3 is 2.63 bits per heavy atom. The summed E-state index contributed by atoms with van der Waals surface area (Å²) in [6.45, 7) is 11.3. The number of piperazine rings is 1. The van der Waals surface area contributed by atoms with Crippen LogP contribution in [0.4, 0.5) is 5.69 Å². The number of rotatable bonds is 7. The molecule has 12 heteroatoms. The van der Waals surface area contributed by atoms with E-state index in [1.54, 1.807) is 0 Å². The molecular formula is C31H35N9O3. The molecule has 1 atom stereocenters. The molecule has 43 heavy (non-hydrogen) atoms. The predicted molar refractivity (Wildman–Crippen MR) is 162 cm³/mol. The van der Waals surface area contributed by atoms with Crippen LogP contribution in [-0.2, 0) is 12.0 Å². The molecule has 1 unspecified atom stereocenters. The van der Waals surface area contributed by atoms with Crippen molar-refractivity contribution in [3.05, 3.63) is 71.8 Å². The van der Waals surface area contributed by atoms with Crippen LogP contribution in [0.3, 0.4) is 0 Å². The fourth-order valence-electron chi connectivity index (χ4n) is 5.23. The Balaban J connectivity index is 1.24. The van der Waals surface area contributed by atoms with Crippen molar-refractivity contribution in [2.45, 2.75) is 45.8 Å². The van der Waals surface area contributed by atoms with Gasteiger partial charge < -0.3 is 30.1 Å². The highest BCUT2D eigenvalue weighted by molar-refractivity contribution is 5.94. The van der Waals surface area contributed by atoms with E-state index >= 15 is 0 Å². The molecule has 1 amide bonds. The van der Waals surface area contributed by atoms with Gasteiger partial charge in [-0.25, -0.2) is 9.97 Å². The largest absolute Gasteiger partial charge is 0.392 e. The number of pyridine rings is 1. The van der Waals surface area contributed by atoms with Crippen LogP contribution in [-0.4, -0.2) is 67.3 Å². The number of aromatic nitrogens is 6. The third-order valence-electron chi connectivity index (χ3n) is 7.62. The lowest BCUT2D eigenvalue weighted by Crippen LogP contribution is -2.43. The van der Waals surface area contributed by atoms with Crippen molar-refractivity contribution in [2.24, 2.45) is 0 Å². The standard InChI is InChI=1S/C31H35N9O3/c1-18(36-28(42)29-38-30(39-43-29)31(2,3)4)22-7-5-19(13-20(22)16-41)26-23-14-25(37-27(23)35-17-34-26)24-8-6-21(15-33-24)40-11-9-32-10-12-40/h5-8,13-15,17-18,32,41H,9-12,16H2,1-4H3,(H,36,42)(H,34,35,37). The molecule has 1 saturated heterocycles. The third-order valence-corrected chi connectivity index (χ3v) is 7.62. The van der Waals surface area contributed by atoms with Gasteiger partial charge >= 0.3 is 11.8 Å². The van der Waals surface area contributed by atoms with E-state index in [1.807, 2.05) is 64.2 Å². The molecule has 5 heterocycles. The number of aliphatic hydroxyl groups is 1. The minimum Gasteiger partial charge on any atom is -0.392 e. The average molecular weight is 582 g/mol. The lowest BCUT2D eigenvalue weighted by atomic mass is 9.96. The van der Waals surface area contributed by atoms with Gasteiger partial charge in [-0.3, -0.25) is 9.78 Å². The lowest BCUT2D eigenvalue weighted by molar-refractivity contribution is 0.0895. The van der Waals surface area contributed by atoms with E-state index in [4.69, 9.17) is 9.51 Å². The SMILES string of the molecule is CC(NC(=O)c1nc(C(C)(C)C)no1)c1ccc(-c2ncnc3[nH]c(-c4ccc(N5CCNCC5)cn4)cc23)cc1CO. The minimum absolute atomic E-state index is 0.0986. The van der Waals surface area contributed by atoms with Crippen molar-refractivity contribution in [1.29, 1.82) is 0 Å². The van der Waals surface area contributed by atoms with Crippen molar-refractivity contribution in [1.82, 2.24) is 40.7 Å². The Hall–Kier alpha value is -4.68. The van der Waals surface area contributed by atoms with Crippen LogP contribution in [0.2, 0.25) is 0 Å². The summed E-state index contributed by atoms with van der Waals surface area (Å²) in [5.41, 5.74) is 6.09. The van der Waals surface area contributed by atoms with Gasteiger partial charge in [-0.1, -0.05) is 38.1 Å². The number of carbonyl (C=O) groups is 1. The summed E-state index contributed by atoms with van der Waals surface area (Å²) in [7, 11) is 0. The van der Waals surface area contributed by atoms with Crippen LogP contribution in [0.5, 0.6) is 0 Å². The summed E-state index contributed by atoms with van der Waals surface area (Å²) in [4.78, 5) is 36.5. The fraction of sp³-hybridized carbons (Fsp3) is 0.355.